The second-order valence-electron chi connectivity index (χ2n) is 6.02. The molecule has 0 N–H and O–H groups in total. The molecule has 1 saturated carbocycles. The van der Waals surface area contributed by atoms with Crippen molar-refractivity contribution < 1.29 is 0 Å². The van der Waals surface area contributed by atoms with Crippen molar-refractivity contribution in [1.82, 2.24) is 4.90 Å². The van der Waals surface area contributed by atoms with Gasteiger partial charge in [-0.05, 0) is 49.5 Å². The van der Waals surface area contributed by atoms with E-state index in [9.17, 15) is 0 Å². The first-order valence-corrected chi connectivity index (χ1v) is 6.36. The number of hydrogen-bond acceptors (Lipinski definition) is 1. The van der Waals surface area contributed by atoms with E-state index in [1.165, 1.54) is 45.3 Å². The summed E-state index contributed by atoms with van der Waals surface area (Å²) in [5.41, 5.74) is 0.804. The van der Waals surface area contributed by atoms with Crippen LogP contribution >= 0.6 is 0 Å². The van der Waals surface area contributed by atoms with Gasteiger partial charge in [0, 0.05) is 13.1 Å². The van der Waals surface area contributed by atoms with Crippen LogP contribution in [0, 0.1) is 17.3 Å². The standard InChI is InChI=1S/C13H25N/c1-4-14-9-12(10-14)8-13(5-6-13)7-11(2)3/h11-12H,4-10H2,1-3H3. The summed E-state index contributed by atoms with van der Waals surface area (Å²) in [7, 11) is 0. The Morgan fingerprint density at radius 3 is 2.36 bits per heavy atom. The van der Waals surface area contributed by atoms with Gasteiger partial charge >= 0.3 is 0 Å². The summed E-state index contributed by atoms with van der Waals surface area (Å²) in [5.74, 6) is 1.94. The molecule has 0 unspecified atom stereocenters. The Kier molecular flexibility index (Phi) is 2.88. The third kappa shape index (κ3) is 2.31. The molecule has 2 fully saturated rings. The summed E-state index contributed by atoms with van der Waals surface area (Å²) in [5, 5.41) is 0. The van der Waals surface area contributed by atoms with Gasteiger partial charge in [-0.15, -0.1) is 0 Å². The number of hydrogen-bond donors (Lipinski definition) is 0. The highest BCUT2D eigenvalue weighted by molar-refractivity contribution is 4.97. The van der Waals surface area contributed by atoms with Gasteiger partial charge in [-0.1, -0.05) is 20.8 Å². The van der Waals surface area contributed by atoms with Crippen LogP contribution in [0.1, 0.15) is 46.5 Å². The Balaban J connectivity index is 1.70. The zero-order chi connectivity index (χ0) is 10.2. The van der Waals surface area contributed by atoms with E-state index >= 15 is 0 Å². The van der Waals surface area contributed by atoms with Gasteiger partial charge in [-0.25, -0.2) is 0 Å². The average Bonchev–Trinajstić information content (AvgIpc) is 2.76. The van der Waals surface area contributed by atoms with Gasteiger partial charge in [0.05, 0.1) is 0 Å². The lowest BCUT2D eigenvalue weighted by atomic mass is 9.82. The molecule has 0 bridgehead atoms. The quantitative estimate of drug-likeness (QED) is 0.651. The van der Waals surface area contributed by atoms with E-state index in [1.807, 2.05) is 0 Å². The molecule has 0 aromatic rings. The fourth-order valence-electron chi connectivity index (χ4n) is 3.21. The Morgan fingerprint density at radius 1 is 1.29 bits per heavy atom. The maximum Gasteiger partial charge on any atom is 0.00221 e. The lowest BCUT2D eigenvalue weighted by Crippen LogP contribution is -2.47. The molecule has 1 aliphatic carbocycles. The Morgan fingerprint density at radius 2 is 1.93 bits per heavy atom. The van der Waals surface area contributed by atoms with Gasteiger partial charge in [0.1, 0.15) is 0 Å². The van der Waals surface area contributed by atoms with E-state index in [0.29, 0.717) is 0 Å². The van der Waals surface area contributed by atoms with E-state index in [-0.39, 0.29) is 0 Å². The van der Waals surface area contributed by atoms with Crippen LogP contribution in [0.5, 0.6) is 0 Å². The molecule has 0 spiro atoms. The van der Waals surface area contributed by atoms with E-state index < -0.39 is 0 Å². The molecule has 1 heterocycles. The summed E-state index contributed by atoms with van der Waals surface area (Å²) in [4.78, 5) is 2.57. The van der Waals surface area contributed by atoms with Crippen molar-refractivity contribution in [2.24, 2.45) is 17.3 Å². The molecule has 2 aliphatic rings. The highest BCUT2D eigenvalue weighted by atomic mass is 15.2. The van der Waals surface area contributed by atoms with Crippen molar-refractivity contribution in [3.63, 3.8) is 0 Å². The fourth-order valence-corrected chi connectivity index (χ4v) is 3.21. The first kappa shape index (κ1) is 10.5. The van der Waals surface area contributed by atoms with Crippen LogP contribution in [0.2, 0.25) is 0 Å². The second kappa shape index (κ2) is 3.84. The van der Waals surface area contributed by atoms with Gasteiger partial charge in [-0.2, -0.15) is 0 Å². The van der Waals surface area contributed by atoms with E-state index in [0.717, 1.165) is 17.3 Å². The number of rotatable bonds is 5. The molecule has 1 nitrogen and oxygen atoms in total. The predicted octanol–water partition coefficient (Wildman–Crippen LogP) is 3.15. The Bertz CT molecular complexity index is 187. The normalized spacial score (nSPS) is 26.6. The highest BCUT2D eigenvalue weighted by Gasteiger charge is 2.45. The van der Waals surface area contributed by atoms with Crippen molar-refractivity contribution in [1.29, 1.82) is 0 Å². The molecule has 0 radical (unpaired) electrons. The summed E-state index contributed by atoms with van der Waals surface area (Å²) in [6.07, 6.45) is 6.05. The van der Waals surface area contributed by atoms with Crippen LogP contribution in [0.4, 0.5) is 0 Å². The molecular weight excluding hydrogens is 170 g/mol. The van der Waals surface area contributed by atoms with Crippen LogP contribution in [-0.2, 0) is 0 Å². The smallest absolute Gasteiger partial charge is 0.00221 e. The zero-order valence-electron chi connectivity index (χ0n) is 10.1. The van der Waals surface area contributed by atoms with Crippen LogP contribution in [-0.4, -0.2) is 24.5 Å². The van der Waals surface area contributed by atoms with Crippen molar-refractivity contribution in [2.75, 3.05) is 19.6 Å². The third-order valence-electron chi connectivity index (χ3n) is 4.00. The summed E-state index contributed by atoms with van der Waals surface area (Å²) in [6.45, 7) is 11.1. The van der Waals surface area contributed by atoms with E-state index in [4.69, 9.17) is 0 Å². The molecule has 82 valence electrons. The lowest BCUT2D eigenvalue weighted by molar-refractivity contribution is 0.0798. The van der Waals surface area contributed by atoms with Gasteiger partial charge in [-0.3, -0.25) is 0 Å². The van der Waals surface area contributed by atoms with Crippen LogP contribution in [0.15, 0.2) is 0 Å². The van der Waals surface area contributed by atoms with Crippen molar-refractivity contribution in [2.45, 2.75) is 46.5 Å². The fraction of sp³-hybridized carbons (Fsp3) is 1.00. The number of nitrogens with zero attached hydrogens (tertiary/aromatic N) is 1. The van der Waals surface area contributed by atoms with Crippen molar-refractivity contribution >= 4 is 0 Å². The maximum absolute atomic E-state index is 2.57. The van der Waals surface area contributed by atoms with Crippen LogP contribution in [0.25, 0.3) is 0 Å². The first-order chi connectivity index (χ1) is 6.63. The topological polar surface area (TPSA) is 3.24 Å². The third-order valence-corrected chi connectivity index (χ3v) is 4.00. The van der Waals surface area contributed by atoms with Crippen LogP contribution < -0.4 is 0 Å². The molecule has 1 saturated heterocycles. The SMILES string of the molecule is CCN1CC(CC2(CC(C)C)CC2)C1. The highest BCUT2D eigenvalue weighted by Crippen LogP contribution is 2.55. The lowest BCUT2D eigenvalue weighted by Gasteiger charge is -2.40. The molecule has 1 aliphatic heterocycles. The minimum absolute atomic E-state index is 0.804. The molecule has 0 amide bonds. The average molecular weight is 195 g/mol. The Labute approximate surface area is 88.9 Å². The molecule has 0 aromatic carbocycles. The largest absolute Gasteiger partial charge is 0.303 e. The summed E-state index contributed by atoms with van der Waals surface area (Å²) < 4.78 is 0. The zero-order valence-corrected chi connectivity index (χ0v) is 10.1. The Hall–Kier alpha value is -0.0400. The maximum atomic E-state index is 2.57. The minimum atomic E-state index is 0.804. The van der Waals surface area contributed by atoms with Gasteiger partial charge in [0.15, 0.2) is 0 Å². The second-order valence-corrected chi connectivity index (χ2v) is 6.02. The summed E-state index contributed by atoms with van der Waals surface area (Å²) >= 11 is 0. The predicted molar refractivity (Wildman–Crippen MR) is 61.3 cm³/mol. The molecule has 2 rings (SSSR count). The molecule has 0 aromatic heterocycles. The van der Waals surface area contributed by atoms with Crippen molar-refractivity contribution in [3.05, 3.63) is 0 Å². The monoisotopic (exact) mass is 195 g/mol. The minimum Gasteiger partial charge on any atom is -0.303 e. The summed E-state index contributed by atoms with van der Waals surface area (Å²) in [6, 6.07) is 0. The van der Waals surface area contributed by atoms with Crippen LogP contribution in [0.3, 0.4) is 0 Å². The van der Waals surface area contributed by atoms with Gasteiger partial charge in [0.25, 0.3) is 0 Å². The van der Waals surface area contributed by atoms with Crippen molar-refractivity contribution in [3.8, 4) is 0 Å². The first-order valence-electron chi connectivity index (χ1n) is 6.36. The van der Waals surface area contributed by atoms with E-state index in [2.05, 4.69) is 25.7 Å². The number of likely N-dealkylation sites (tertiary alicyclic amines) is 1. The molecule has 1 heteroatoms. The van der Waals surface area contributed by atoms with E-state index in [1.54, 1.807) is 0 Å². The molecular formula is C13H25N. The molecule has 0 atom stereocenters. The van der Waals surface area contributed by atoms with Gasteiger partial charge in [0.2, 0.25) is 0 Å². The molecule has 14 heavy (non-hydrogen) atoms. The van der Waals surface area contributed by atoms with Gasteiger partial charge < -0.3 is 4.90 Å².